The third kappa shape index (κ3) is 3.62. The average molecular weight is 418 g/mol. The van der Waals surface area contributed by atoms with Crippen LogP contribution in [-0.2, 0) is 11.3 Å². The SMILES string of the molecule is COC(=O)c1c(-c2cccc(C)c2)c2cc(Cl)ccc2c(=O)n1Cc1ccccc1. The van der Waals surface area contributed by atoms with Crippen molar-refractivity contribution >= 4 is 28.3 Å². The number of halogens is 1. The van der Waals surface area contributed by atoms with Crippen LogP contribution in [0.3, 0.4) is 0 Å². The molecule has 1 heterocycles. The summed E-state index contributed by atoms with van der Waals surface area (Å²) < 4.78 is 6.60. The Labute approximate surface area is 179 Å². The first-order chi connectivity index (χ1) is 14.5. The highest BCUT2D eigenvalue weighted by Gasteiger charge is 2.24. The van der Waals surface area contributed by atoms with Gasteiger partial charge in [-0.1, -0.05) is 71.8 Å². The van der Waals surface area contributed by atoms with E-state index in [1.165, 1.54) is 11.7 Å². The van der Waals surface area contributed by atoms with E-state index < -0.39 is 5.97 Å². The van der Waals surface area contributed by atoms with Crippen molar-refractivity contribution in [2.45, 2.75) is 13.5 Å². The van der Waals surface area contributed by atoms with Gasteiger partial charge in [-0.25, -0.2) is 4.79 Å². The number of rotatable bonds is 4. The predicted octanol–water partition coefficient (Wildman–Crippen LogP) is 5.47. The van der Waals surface area contributed by atoms with Gasteiger partial charge in [0.1, 0.15) is 5.69 Å². The van der Waals surface area contributed by atoms with E-state index in [0.29, 0.717) is 21.4 Å². The molecule has 3 aromatic carbocycles. The number of aromatic nitrogens is 1. The molecule has 30 heavy (non-hydrogen) atoms. The maximum Gasteiger partial charge on any atom is 0.355 e. The Hall–Kier alpha value is -3.37. The zero-order valence-corrected chi connectivity index (χ0v) is 17.4. The molecule has 0 unspecified atom stereocenters. The van der Waals surface area contributed by atoms with Crippen LogP contribution in [0.5, 0.6) is 0 Å². The maximum atomic E-state index is 13.4. The molecule has 0 radical (unpaired) electrons. The number of nitrogens with zero attached hydrogens (tertiary/aromatic N) is 1. The summed E-state index contributed by atoms with van der Waals surface area (Å²) in [7, 11) is 1.32. The van der Waals surface area contributed by atoms with Crippen LogP contribution in [-0.4, -0.2) is 17.6 Å². The maximum absolute atomic E-state index is 13.4. The fourth-order valence-corrected chi connectivity index (χ4v) is 3.91. The fraction of sp³-hybridized carbons (Fsp3) is 0.120. The molecule has 0 bridgehead atoms. The second-order valence-corrected chi connectivity index (χ2v) is 7.59. The van der Waals surface area contributed by atoms with Gasteiger partial charge in [0.05, 0.1) is 13.7 Å². The van der Waals surface area contributed by atoms with E-state index in [1.807, 2.05) is 61.5 Å². The highest BCUT2D eigenvalue weighted by molar-refractivity contribution is 6.31. The smallest absolute Gasteiger partial charge is 0.355 e. The summed E-state index contributed by atoms with van der Waals surface area (Å²) in [6.45, 7) is 2.23. The van der Waals surface area contributed by atoms with Gasteiger partial charge in [0.15, 0.2) is 0 Å². The summed E-state index contributed by atoms with van der Waals surface area (Å²) in [6.07, 6.45) is 0. The van der Waals surface area contributed by atoms with Crippen molar-refractivity contribution in [3.63, 3.8) is 0 Å². The Balaban J connectivity index is 2.15. The monoisotopic (exact) mass is 417 g/mol. The fourth-order valence-electron chi connectivity index (χ4n) is 3.74. The average Bonchev–Trinajstić information content (AvgIpc) is 2.75. The largest absolute Gasteiger partial charge is 0.464 e. The highest BCUT2D eigenvalue weighted by atomic mass is 35.5. The lowest BCUT2D eigenvalue weighted by Crippen LogP contribution is -2.28. The molecule has 0 aliphatic carbocycles. The number of fused-ring (bicyclic) bond motifs is 1. The molecule has 0 atom stereocenters. The molecule has 0 aliphatic rings. The van der Waals surface area contributed by atoms with Crippen molar-refractivity contribution in [1.29, 1.82) is 0 Å². The Kier molecular flexibility index (Phi) is 5.42. The van der Waals surface area contributed by atoms with E-state index in [1.54, 1.807) is 18.2 Å². The minimum atomic E-state index is -0.568. The molecular weight excluding hydrogens is 398 g/mol. The van der Waals surface area contributed by atoms with Gasteiger partial charge in [0, 0.05) is 16.0 Å². The van der Waals surface area contributed by atoms with Crippen molar-refractivity contribution in [2.24, 2.45) is 0 Å². The van der Waals surface area contributed by atoms with E-state index in [9.17, 15) is 9.59 Å². The molecule has 0 fully saturated rings. The highest BCUT2D eigenvalue weighted by Crippen LogP contribution is 2.33. The third-order valence-electron chi connectivity index (χ3n) is 5.10. The van der Waals surface area contributed by atoms with Gasteiger partial charge < -0.3 is 4.74 Å². The normalized spacial score (nSPS) is 10.9. The van der Waals surface area contributed by atoms with Crippen molar-refractivity contribution in [3.8, 4) is 11.1 Å². The number of methoxy groups -OCH3 is 1. The quantitative estimate of drug-likeness (QED) is 0.414. The predicted molar refractivity (Wildman–Crippen MR) is 120 cm³/mol. The van der Waals surface area contributed by atoms with Crippen molar-refractivity contribution < 1.29 is 9.53 Å². The molecule has 0 spiro atoms. The van der Waals surface area contributed by atoms with Crippen LogP contribution in [0.15, 0.2) is 77.6 Å². The lowest BCUT2D eigenvalue weighted by molar-refractivity contribution is 0.0588. The Morgan fingerprint density at radius 2 is 1.73 bits per heavy atom. The van der Waals surface area contributed by atoms with E-state index in [0.717, 1.165) is 16.7 Å². The van der Waals surface area contributed by atoms with Crippen LogP contribution in [0.1, 0.15) is 21.6 Å². The second kappa shape index (κ2) is 8.17. The molecule has 5 heteroatoms. The zero-order valence-electron chi connectivity index (χ0n) is 16.7. The molecule has 1 aromatic heterocycles. The summed E-state index contributed by atoms with van der Waals surface area (Å²) in [4.78, 5) is 26.4. The van der Waals surface area contributed by atoms with Gasteiger partial charge in [0.2, 0.25) is 0 Å². The molecule has 0 N–H and O–H groups in total. The van der Waals surface area contributed by atoms with Crippen LogP contribution in [0, 0.1) is 6.92 Å². The Morgan fingerprint density at radius 1 is 0.967 bits per heavy atom. The number of carbonyl (C=O) groups is 1. The minimum absolute atomic E-state index is 0.215. The summed E-state index contributed by atoms with van der Waals surface area (Å²) >= 11 is 6.27. The topological polar surface area (TPSA) is 48.3 Å². The summed E-state index contributed by atoms with van der Waals surface area (Å²) in [5.74, 6) is -0.568. The standard InChI is InChI=1S/C25H20ClNO3/c1-16-7-6-10-18(13-16)22-21-14-19(26)11-12-20(21)24(28)27(23(22)25(29)30-2)15-17-8-4-3-5-9-17/h3-14H,15H2,1-2H3. The number of ether oxygens (including phenoxy) is 1. The molecule has 4 aromatic rings. The van der Waals surface area contributed by atoms with Crippen LogP contribution >= 0.6 is 11.6 Å². The lowest BCUT2D eigenvalue weighted by Gasteiger charge is -2.19. The van der Waals surface area contributed by atoms with E-state index in [4.69, 9.17) is 16.3 Å². The second-order valence-electron chi connectivity index (χ2n) is 7.15. The van der Waals surface area contributed by atoms with Crippen molar-refractivity contribution in [3.05, 3.63) is 105 Å². The molecular formula is C25H20ClNO3. The number of benzene rings is 3. The number of carbonyl (C=O) groups excluding carboxylic acids is 1. The summed E-state index contributed by atoms with van der Waals surface area (Å²) in [5, 5.41) is 1.62. The van der Waals surface area contributed by atoms with Gasteiger partial charge in [-0.2, -0.15) is 0 Å². The first-order valence-corrected chi connectivity index (χ1v) is 9.92. The molecule has 150 valence electrons. The number of aryl methyl sites for hydroxylation is 1. The van der Waals surface area contributed by atoms with Gasteiger partial charge in [-0.3, -0.25) is 9.36 Å². The number of hydrogen-bond donors (Lipinski definition) is 0. The van der Waals surface area contributed by atoms with Crippen LogP contribution in [0.25, 0.3) is 21.9 Å². The van der Waals surface area contributed by atoms with Crippen LogP contribution in [0.2, 0.25) is 5.02 Å². The van der Waals surface area contributed by atoms with Gasteiger partial charge in [-0.05, 0) is 41.6 Å². The molecule has 0 aliphatic heterocycles. The van der Waals surface area contributed by atoms with Crippen molar-refractivity contribution in [1.82, 2.24) is 4.57 Å². The summed E-state index contributed by atoms with van der Waals surface area (Å²) in [5.41, 5.74) is 3.37. The first-order valence-electron chi connectivity index (χ1n) is 9.55. The number of pyridine rings is 1. The number of esters is 1. The molecule has 4 rings (SSSR count). The van der Waals surface area contributed by atoms with E-state index >= 15 is 0 Å². The van der Waals surface area contributed by atoms with E-state index in [2.05, 4.69) is 0 Å². The van der Waals surface area contributed by atoms with Crippen LogP contribution in [0.4, 0.5) is 0 Å². The molecule has 4 nitrogen and oxygen atoms in total. The Morgan fingerprint density at radius 3 is 2.43 bits per heavy atom. The summed E-state index contributed by atoms with van der Waals surface area (Å²) in [6, 6.07) is 22.5. The zero-order chi connectivity index (χ0) is 21.3. The van der Waals surface area contributed by atoms with Gasteiger partial charge in [-0.15, -0.1) is 0 Å². The van der Waals surface area contributed by atoms with Gasteiger partial charge >= 0.3 is 5.97 Å². The molecule has 0 saturated heterocycles. The lowest BCUT2D eigenvalue weighted by atomic mass is 9.95. The third-order valence-corrected chi connectivity index (χ3v) is 5.34. The minimum Gasteiger partial charge on any atom is -0.464 e. The Bertz CT molecular complexity index is 1310. The number of hydrogen-bond acceptors (Lipinski definition) is 3. The van der Waals surface area contributed by atoms with Crippen molar-refractivity contribution in [2.75, 3.05) is 7.11 Å². The molecule has 0 amide bonds. The van der Waals surface area contributed by atoms with E-state index in [-0.39, 0.29) is 17.8 Å². The molecule has 0 saturated carbocycles. The van der Waals surface area contributed by atoms with Gasteiger partial charge in [0.25, 0.3) is 5.56 Å². The first kappa shape index (κ1) is 19.9. The van der Waals surface area contributed by atoms with Crippen LogP contribution < -0.4 is 5.56 Å².